The highest BCUT2D eigenvalue weighted by Crippen LogP contribution is 2.35. The van der Waals surface area contributed by atoms with Crippen LogP contribution in [0.25, 0.3) is 0 Å². The molecule has 1 aliphatic heterocycles. The van der Waals surface area contributed by atoms with Gasteiger partial charge in [0.1, 0.15) is 0 Å². The van der Waals surface area contributed by atoms with Gasteiger partial charge in [-0.2, -0.15) is 5.10 Å². The third-order valence-corrected chi connectivity index (χ3v) is 4.64. The molecule has 21 heavy (non-hydrogen) atoms. The Morgan fingerprint density at radius 1 is 1.38 bits per heavy atom. The van der Waals surface area contributed by atoms with Crippen LogP contribution in [0.4, 0.5) is 0 Å². The summed E-state index contributed by atoms with van der Waals surface area (Å²) in [6, 6.07) is 0.135. The molecule has 2 heterocycles. The zero-order chi connectivity index (χ0) is 15.5. The van der Waals surface area contributed by atoms with Crippen LogP contribution in [0, 0.1) is 0 Å². The van der Waals surface area contributed by atoms with E-state index in [0.717, 1.165) is 50.1 Å². The fourth-order valence-electron chi connectivity index (χ4n) is 3.12. The highest BCUT2D eigenvalue weighted by molar-refractivity contribution is 6.31. The maximum absolute atomic E-state index is 6.43. The first-order valence-corrected chi connectivity index (χ1v) is 8.17. The fraction of sp³-hybridized carbons (Fsp3) is 0.800. The highest BCUT2D eigenvalue weighted by Gasteiger charge is 2.39. The molecule has 0 amide bonds. The minimum atomic E-state index is -0.0591. The van der Waals surface area contributed by atoms with Crippen LogP contribution in [0.1, 0.15) is 39.4 Å². The van der Waals surface area contributed by atoms with Gasteiger partial charge in [-0.05, 0) is 27.3 Å². The maximum Gasteiger partial charge on any atom is 0.0834 e. The van der Waals surface area contributed by atoms with Gasteiger partial charge in [0.2, 0.25) is 0 Å². The first kappa shape index (κ1) is 16.7. The maximum atomic E-state index is 6.43. The Hall–Kier alpha value is -0.620. The summed E-state index contributed by atoms with van der Waals surface area (Å²) in [4.78, 5) is 2.48. The molecule has 1 aliphatic rings. The lowest BCUT2D eigenvalue weighted by atomic mass is 9.89. The highest BCUT2D eigenvalue weighted by atomic mass is 35.5. The zero-order valence-electron chi connectivity index (χ0n) is 13.5. The second kappa shape index (κ2) is 7.09. The SMILES string of the molecule is CCNC(c1c(Cl)cnn1CC)C(C)(C)N1CCOCC1. The van der Waals surface area contributed by atoms with Crippen molar-refractivity contribution < 1.29 is 4.74 Å². The van der Waals surface area contributed by atoms with Crippen LogP contribution >= 0.6 is 11.6 Å². The normalized spacial score (nSPS) is 18.9. The van der Waals surface area contributed by atoms with Crippen LogP contribution in [-0.2, 0) is 11.3 Å². The van der Waals surface area contributed by atoms with E-state index < -0.39 is 0 Å². The molecule has 1 N–H and O–H groups in total. The third-order valence-electron chi connectivity index (χ3n) is 4.35. The Morgan fingerprint density at radius 2 is 2.05 bits per heavy atom. The average molecular weight is 315 g/mol. The molecule has 1 aromatic rings. The smallest absolute Gasteiger partial charge is 0.0834 e. The van der Waals surface area contributed by atoms with E-state index in [2.05, 4.69) is 43.0 Å². The number of aryl methyl sites for hydroxylation is 1. The molecule has 1 atom stereocenters. The summed E-state index contributed by atoms with van der Waals surface area (Å²) in [6.45, 7) is 14.0. The number of morpholine rings is 1. The van der Waals surface area contributed by atoms with Crippen LogP contribution in [0.2, 0.25) is 5.02 Å². The van der Waals surface area contributed by atoms with Crippen LogP contribution < -0.4 is 5.32 Å². The second-order valence-electron chi connectivity index (χ2n) is 5.94. The van der Waals surface area contributed by atoms with Crippen LogP contribution in [0.5, 0.6) is 0 Å². The number of ether oxygens (including phenoxy) is 1. The van der Waals surface area contributed by atoms with Gasteiger partial charge >= 0.3 is 0 Å². The number of hydrogen-bond acceptors (Lipinski definition) is 4. The largest absolute Gasteiger partial charge is 0.379 e. The standard InChI is InChI=1S/C15H27ClN4O/c1-5-17-14(13-12(16)11-18-20(13)6-2)15(3,4)19-7-9-21-10-8-19/h11,14,17H,5-10H2,1-4H3. The van der Waals surface area contributed by atoms with Gasteiger partial charge in [0, 0.05) is 25.2 Å². The van der Waals surface area contributed by atoms with Crippen molar-refractivity contribution in [1.82, 2.24) is 20.0 Å². The number of halogens is 1. The molecular formula is C15H27ClN4O. The van der Waals surface area contributed by atoms with Crippen molar-refractivity contribution in [2.24, 2.45) is 0 Å². The molecule has 5 nitrogen and oxygen atoms in total. The fourth-order valence-corrected chi connectivity index (χ4v) is 3.37. The van der Waals surface area contributed by atoms with Gasteiger partial charge < -0.3 is 10.1 Å². The van der Waals surface area contributed by atoms with E-state index in [9.17, 15) is 0 Å². The van der Waals surface area contributed by atoms with Gasteiger partial charge in [-0.25, -0.2) is 0 Å². The van der Waals surface area contributed by atoms with Gasteiger partial charge in [-0.1, -0.05) is 18.5 Å². The molecule has 0 saturated carbocycles. The molecule has 0 bridgehead atoms. The third kappa shape index (κ3) is 3.42. The molecule has 0 spiro atoms. The van der Waals surface area contributed by atoms with Crippen molar-refractivity contribution in [1.29, 1.82) is 0 Å². The molecule has 6 heteroatoms. The molecule has 0 radical (unpaired) electrons. The van der Waals surface area contributed by atoms with Gasteiger partial charge in [0.15, 0.2) is 0 Å². The van der Waals surface area contributed by atoms with E-state index in [-0.39, 0.29) is 11.6 Å². The molecule has 2 rings (SSSR count). The van der Waals surface area contributed by atoms with E-state index >= 15 is 0 Å². The lowest BCUT2D eigenvalue weighted by Gasteiger charge is -2.46. The minimum Gasteiger partial charge on any atom is -0.379 e. The van der Waals surface area contributed by atoms with E-state index in [1.54, 1.807) is 6.20 Å². The van der Waals surface area contributed by atoms with Gasteiger partial charge in [0.05, 0.1) is 36.2 Å². The predicted molar refractivity (Wildman–Crippen MR) is 85.8 cm³/mol. The lowest BCUT2D eigenvalue weighted by molar-refractivity contribution is -0.0246. The lowest BCUT2D eigenvalue weighted by Crippen LogP contribution is -2.56. The van der Waals surface area contributed by atoms with Crippen molar-refractivity contribution in [2.75, 3.05) is 32.8 Å². The van der Waals surface area contributed by atoms with Crippen molar-refractivity contribution in [2.45, 2.75) is 45.8 Å². The molecule has 1 unspecified atom stereocenters. The average Bonchev–Trinajstić information content (AvgIpc) is 2.86. The number of nitrogens with zero attached hydrogens (tertiary/aromatic N) is 3. The molecule has 1 saturated heterocycles. The van der Waals surface area contributed by atoms with E-state index in [1.807, 2.05) is 4.68 Å². The van der Waals surface area contributed by atoms with Crippen LogP contribution in [0.3, 0.4) is 0 Å². The molecule has 120 valence electrons. The van der Waals surface area contributed by atoms with E-state index in [1.165, 1.54) is 0 Å². The van der Waals surface area contributed by atoms with Gasteiger partial charge in [0.25, 0.3) is 0 Å². The van der Waals surface area contributed by atoms with Crippen molar-refractivity contribution >= 4 is 11.6 Å². The summed E-state index contributed by atoms with van der Waals surface area (Å²) in [5.41, 5.74) is 1.02. The van der Waals surface area contributed by atoms with Gasteiger partial charge in [-0.3, -0.25) is 9.58 Å². The Bertz CT molecular complexity index is 455. The molecule has 0 aromatic carbocycles. The first-order valence-electron chi connectivity index (χ1n) is 7.79. The zero-order valence-corrected chi connectivity index (χ0v) is 14.3. The topological polar surface area (TPSA) is 42.3 Å². The Morgan fingerprint density at radius 3 is 2.62 bits per heavy atom. The molecule has 0 aliphatic carbocycles. The number of hydrogen-bond donors (Lipinski definition) is 1. The Kier molecular flexibility index (Phi) is 5.66. The molecule has 1 fully saturated rings. The molecular weight excluding hydrogens is 288 g/mol. The summed E-state index contributed by atoms with van der Waals surface area (Å²) < 4.78 is 7.49. The van der Waals surface area contributed by atoms with Gasteiger partial charge in [-0.15, -0.1) is 0 Å². The number of likely N-dealkylation sites (N-methyl/N-ethyl adjacent to an activating group) is 1. The number of rotatable bonds is 6. The monoisotopic (exact) mass is 314 g/mol. The van der Waals surface area contributed by atoms with E-state index in [0.29, 0.717) is 0 Å². The summed E-state index contributed by atoms with van der Waals surface area (Å²) >= 11 is 6.43. The second-order valence-corrected chi connectivity index (χ2v) is 6.34. The number of nitrogens with one attached hydrogen (secondary N) is 1. The quantitative estimate of drug-likeness (QED) is 0.875. The summed E-state index contributed by atoms with van der Waals surface area (Å²) in [5, 5.41) is 8.75. The Labute approximate surface area is 132 Å². The van der Waals surface area contributed by atoms with E-state index in [4.69, 9.17) is 16.3 Å². The van der Waals surface area contributed by atoms with Crippen molar-refractivity contribution in [3.63, 3.8) is 0 Å². The number of aromatic nitrogens is 2. The predicted octanol–water partition coefficient (Wildman–Crippen LogP) is 2.32. The molecule has 1 aromatic heterocycles. The Balaban J connectivity index is 2.34. The van der Waals surface area contributed by atoms with Crippen molar-refractivity contribution in [3.05, 3.63) is 16.9 Å². The minimum absolute atomic E-state index is 0.0591. The summed E-state index contributed by atoms with van der Waals surface area (Å²) in [6.07, 6.45) is 1.75. The van der Waals surface area contributed by atoms with Crippen LogP contribution in [-0.4, -0.2) is 53.1 Å². The van der Waals surface area contributed by atoms with Crippen molar-refractivity contribution in [3.8, 4) is 0 Å². The van der Waals surface area contributed by atoms with Crippen LogP contribution in [0.15, 0.2) is 6.20 Å². The first-order chi connectivity index (χ1) is 10.0. The summed E-state index contributed by atoms with van der Waals surface area (Å²) in [5.74, 6) is 0. The summed E-state index contributed by atoms with van der Waals surface area (Å²) in [7, 11) is 0.